The fourth-order valence-corrected chi connectivity index (χ4v) is 0.768. The second-order valence-electron chi connectivity index (χ2n) is 2.26. The van der Waals surface area contributed by atoms with Crippen molar-refractivity contribution >= 4 is 40.8 Å². The maximum absolute atomic E-state index is 10.9. The molecule has 0 aliphatic carbocycles. The molecule has 0 amide bonds. The number of alkyl halides is 3. The standard InChI is InChI=1S/C7H11Cl3O2/c1-2-3-4-12-7(11)5(8)6(9)10/h5-6H,2-4H2,1H3. The summed E-state index contributed by atoms with van der Waals surface area (Å²) < 4.78 is 4.77. The third kappa shape index (κ3) is 5.07. The quantitative estimate of drug-likeness (QED) is 0.415. The third-order valence-electron chi connectivity index (χ3n) is 1.19. The van der Waals surface area contributed by atoms with Crippen LogP contribution in [0, 0.1) is 0 Å². The van der Waals surface area contributed by atoms with Gasteiger partial charge in [-0.25, -0.2) is 0 Å². The summed E-state index contributed by atoms with van der Waals surface area (Å²) in [7, 11) is 0. The molecule has 0 rings (SSSR count). The summed E-state index contributed by atoms with van der Waals surface area (Å²) in [6.07, 6.45) is 1.79. The predicted octanol–water partition coefficient (Wildman–Crippen LogP) is 2.74. The lowest BCUT2D eigenvalue weighted by molar-refractivity contribution is -0.143. The highest BCUT2D eigenvalue weighted by Gasteiger charge is 2.23. The Balaban J connectivity index is 3.57. The largest absolute Gasteiger partial charge is 0.465 e. The van der Waals surface area contributed by atoms with Crippen molar-refractivity contribution in [2.45, 2.75) is 30.0 Å². The van der Waals surface area contributed by atoms with Crippen LogP contribution in [0.5, 0.6) is 0 Å². The van der Waals surface area contributed by atoms with Crippen LogP contribution in [0.15, 0.2) is 0 Å². The fourth-order valence-electron chi connectivity index (χ4n) is 0.500. The molecular formula is C7H11Cl3O2. The molecule has 0 fully saturated rings. The van der Waals surface area contributed by atoms with E-state index in [-0.39, 0.29) is 0 Å². The molecule has 1 unspecified atom stereocenters. The molecular weight excluding hydrogens is 222 g/mol. The van der Waals surface area contributed by atoms with Crippen molar-refractivity contribution in [3.8, 4) is 0 Å². The molecule has 0 aromatic heterocycles. The summed E-state index contributed by atoms with van der Waals surface area (Å²) in [4.78, 5) is 10.0. The van der Waals surface area contributed by atoms with E-state index in [9.17, 15) is 4.79 Å². The van der Waals surface area contributed by atoms with Crippen LogP contribution in [-0.2, 0) is 9.53 Å². The van der Waals surface area contributed by atoms with E-state index in [1.807, 2.05) is 6.92 Å². The molecule has 1 atom stereocenters. The first-order valence-corrected chi connectivity index (χ1v) is 4.99. The highest BCUT2D eigenvalue weighted by Crippen LogP contribution is 2.15. The molecule has 0 aliphatic heterocycles. The number of ether oxygens (including phenoxy) is 1. The first-order valence-electron chi connectivity index (χ1n) is 3.68. The summed E-state index contributed by atoms with van der Waals surface area (Å²) in [5.41, 5.74) is 0. The maximum Gasteiger partial charge on any atom is 0.326 e. The summed E-state index contributed by atoms with van der Waals surface area (Å²) in [5.74, 6) is -0.555. The first-order chi connectivity index (χ1) is 5.59. The minimum Gasteiger partial charge on any atom is -0.465 e. The average Bonchev–Trinajstić information content (AvgIpc) is 2.03. The van der Waals surface area contributed by atoms with Gasteiger partial charge in [0.1, 0.15) is 4.84 Å². The lowest BCUT2D eigenvalue weighted by atomic mass is 10.4. The number of hydrogen-bond donors (Lipinski definition) is 0. The number of carbonyl (C=O) groups is 1. The second kappa shape index (κ2) is 6.81. The summed E-state index contributed by atoms with van der Waals surface area (Å²) in [5, 5.41) is -0.967. The van der Waals surface area contributed by atoms with Crippen LogP contribution in [-0.4, -0.2) is 22.8 Å². The van der Waals surface area contributed by atoms with Crippen LogP contribution in [0.2, 0.25) is 0 Å². The van der Waals surface area contributed by atoms with Crippen LogP contribution < -0.4 is 0 Å². The van der Waals surface area contributed by atoms with Crippen molar-refractivity contribution in [3.63, 3.8) is 0 Å². The molecule has 0 heterocycles. The van der Waals surface area contributed by atoms with Gasteiger partial charge in [-0.05, 0) is 6.42 Å². The maximum atomic E-state index is 10.9. The van der Waals surface area contributed by atoms with E-state index in [2.05, 4.69) is 0 Å². The van der Waals surface area contributed by atoms with Gasteiger partial charge in [0.05, 0.1) is 6.61 Å². The van der Waals surface area contributed by atoms with E-state index >= 15 is 0 Å². The van der Waals surface area contributed by atoms with E-state index in [0.29, 0.717) is 6.61 Å². The van der Waals surface area contributed by atoms with Crippen molar-refractivity contribution in [1.29, 1.82) is 0 Å². The number of esters is 1. The molecule has 5 heteroatoms. The van der Waals surface area contributed by atoms with Gasteiger partial charge in [-0.1, -0.05) is 13.3 Å². The predicted molar refractivity (Wildman–Crippen MR) is 51.0 cm³/mol. The minimum atomic E-state index is -0.967. The summed E-state index contributed by atoms with van der Waals surface area (Å²) >= 11 is 16.2. The van der Waals surface area contributed by atoms with E-state index in [1.165, 1.54) is 0 Å². The Bertz CT molecular complexity index is 139. The highest BCUT2D eigenvalue weighted by molar-refractivity contribution is 6.51. The van der Waals surface area contributed by atoms with Crippen LogP contribution in [0.1, 0.15) is 19.8 Å². The summed E-state index contributed by atoms with van der Waals surface area (Å²) in [6.45, 7) is 2.37. The zero-order chi connectivity index (χ0) is 9.56. The van der Waals surface area contributed by atoms with Crippen molar-refractivity contribution in [2.24, 2.45) is 0 Å². The zero-order valence-electron chi connectivity index (χ0n) is 6.73. The Kier molecular flexibility index (Phi) is 7.01. The van der Waals surface area contributed by atoms with Crippen molar-refractivity contribution in [3.05, 3.63) is 0 Å². The van der Waals surface area contributed by atoms with Gasteiger partial charge in [0.25, 0.3) is 0 Å². The molecule has 0 aromatic rings. The smallest absolute Gasteiger partial charge is 0.326 e. The lowest BCUT2D eigenvalue weighted by Crippen LogP contribution is -2.24. The number of unbranched alkanes of at least 4 members (excludes halogenated alkanes) is 1. The molecule has 0 spiro atoms. The number of carbonyl (C=O) groups excluding carboxylic acids is 1. The summed E-state index contributed by atoms with van der Waals surface area (Å²) in [6, 6.07) is 0. The molecule has 2 nitrogen and oxygen atoms in total. The zero-order valence-corrected chi connectivity index (χ0v) is 8.99. The van der Waals surface area contributed by atoms with E-state index < -0.39 is 16.2 Å². The average molecular weight is 234 g/mol. The number of halogens is 3. The highest BCUT2D eigenvalue weighted by atomic mass is 35.5. The van der Waals surface area contributed by atoms with Gasteiger partial charge < -0.3 is 4.74 Å². The molecule has 0 aromatic carbocycles. The third-order valence-corrected chi connectivity index (χ3v) is 2.38. The van der Waals surface area contributed by atoms with Crippen LogP contribution in [0.4, 0.5) is 0 Å². The Labute approximate surface area is 87.1 Å². The van der Waals surface area contributed by atoms with Gasteiger partial charge >= 0.3 is 5.97 Å². The van der Waals surface area contributed by atoms with Gasteiger partial charge in [0, 0.05) is 0 Å². The van der Waals surface area contributed by atoms with E-state index in [4.69, 9.17) is 39.5 Å². The number of rotatable bonds is 5. The molecule has 0 saturated carbocycles. The Morgan fingerprint density at radius 2 is 2.00 bits per heavy atom. The molecule has 72 valence electrons. The van der Waals surface area contributed by atoms with Gasteiger partial charge in [-0.2, -0.15) is 0 Å². The topological polar surface area (TPSA) is 26.3 Å². The minimum absolute atomic E-state index is 0.374. The van der Waals surface area contributed by atoms with Crippen LogP contribution >= 0.6 is 34.8 Å². The monoisotopic (exact) mass is 232 g/mol. The molecule has 0 bridgehead atoms. The van der Waals surface area contributed by atoms with Crippen LogP contribution in [0.25, 0.3) is 0 Å². The van der Waals surface area contributed by atoms with Crippen molar-refractivity contribution in [2.75, 3.05) is 6.61 Å². The second-order valence-corrected chi connectivity index (χ2v) is 3.89. The molecule has 0 saturated heterocycles. The van der Waals surface area contributed by atoms with Gasteiger partial charge in [-0.3, -0.25) is 4.79 Å². The van der Waals surface area contributed by atoms with E-state index in [1.54, 1.807) is 0 Å². The lowest BCUT2D eigenvalue weighted by Gasteiger charge is -2.09. The first kappa shape index (κ1) is 12.3. The van der Waals surface area contributed by atoms with Crippen molar-refractivity contribution < 1.29 is 9.53 Å². The van der Waals surface area contributed by atoms with Crippen molar-refractivity contribution in [1.82, 2.24) is 0 Å². The fraction of sp³-hybridized carbons (Fsp3) is 0.857. The molecule has 0 aliphatic rings. The SMILES string of the molecule is CCCCOC(=O)C(Cl)C(Cl)Cl. The van der Waals surface area contributed by atoms with Crippen LogP contribution in [0.3, 0.4) is 0 Å². The Hall–Kier alpha value is 0.340. The normalized spacial score (nSPS) is 13.1. The Morgan fingerprint density at radius 3 is 2.42 bits per heavy atom. The molecule has 0 radical (unpaired) electrons. The van der Waals surface area contributed by atoms with Gasteiger partial charge in [0.2, 0.25) is 0 Å². The number of hydrogen-bond acceptors (Lipinski definition) is 2. The molecule has 0 N–H and O–H groups in total. The van der Waals surface area contributed by atoms with Gasteiger partial charge in [0.15, 0.2) is 5.38 Å². The Morgan fingerprint density at radius 1 is 1.42 bits per heavy atom. The molecule has 12 heavy (non-hydrogen) atoms. The van der Waals surface area contributed by atoms with E-state index in [0.717, 1.165) is 12.8 Å². The van der Waals surface area contributed by atoms with Gasteiger partial charge in [-0.15, -0.1) is 34.8 Å².